The summed E-state index contributed by atoms with van der Waals surface area (Å²) in [6.07, 6.45) is 4.33. The van der Waals surface area contributed by atoms with Crippen molar-refractivity contribution in [3.63, 3.8) is 0 Å². The van der Waals surface area contributed by atoms with Gasteiger partial charge in [-0.05, 0) is 46.1 Å². The molecular formula is C12H24N2. The van der Waals surface area contributed by atoms with Crippen molar-refractivity contribution in [2.45, 2.75) is 45.2 Å². The lowest BCUT2D eigenvalue weighted by molar-refractivity contribution is 0.208. The Morgan fingerprint density at radius 1 is 1.29 bits per heavy atom. The second-order valence-corrected chi connectivity index (χ2v) is 5.41. The fraction of sp³-hybridized carbons (Fsp3) is 1.00. The molecule has 0 bridgehead atoms. The molecular weight excluding hydrogens is 172 g/mol. The number of likely N-dealkylation sites (N-methyl/N-ethyl adjacent to an activating group) is 1. The van der Waals surface area contributed by atoms with Gasteiger partial charge in [0.05, 0.1) is 0 Å². The average Bonchev–Trinajstić information content (AvgIpc) is 2.81. The molecule has 1 unspecified atom stereocenters. The van der Waals surface area contributed by atoms with Crippen molar-refractivity contribution in [2.75, 3.05) is 26.7 Å². The highest BCUT2D eigenvalue weighted by molar-refractivity contribution is 4.86. The minimum atomic E-state index is 0.731. The molecule has 2 heteroatoms. The SMILES string of the molecule is CC(C)N1CCC(N(C)CC2CC2)C1. The normalized spacial score (nSPS) is 29.4. The van der Waals surface area contributed by atoms with Crippen LogP contribution in [0.15, 0.2) is 0 Å². The van der Waals surface area contributed by atoms with Gasteiger partial charge in [-0.25, -0.2) is 0 Å². The predicted octanol–water partition coefficient (Wildman–Crippen LogP) is 1.81. The molecule has 2 rings (SSSR count). The van der Waals surface area contributed by atoms with Gasteiger partial charge in [0.2, 0.25) is 0 Å². The van der Waals surface area contributed by atoms with Gasteiger partial charge in [-0.15, -0.1) is 0 Å². The monoisotopic (exact) mass is 196 g/mol. The maximum absolute atomic E-state index is 2.61. The lowest BCUT2D eigenvalue weighted by Crippen LogP contribution is -2.37. The van der Waals surface area contributed by atoms with Gasteiger partial charge in [0.1, 0.15) is 0 Å². The van der Waals surface area contributed by atoms with Crippen LogP contribution in [0.3, 0.4) is 0 Å². The quantitative estimate of drug-likeness (QED) is 0.676. The lowest BCUT2D eigenvalue weighted by Gasteiger charge is -2.26. The van der Waals surface area contributed by atoms with Gasteiger partial charge in [0, 0.05) is 31.7 Å². The third-order valence-electron chi connectivity index (χ3n) is 3.79. The van der Waals surface area contributed by atoms with E-state index in [1.807, 2.05) is 0 Å². The number of likely N-dealkylation sites (tertiary alicyclic amines) is 1. The van der Waals surface area contributed by atoms with Crippen LogP contribution in [0.4, 0.5) is 0 Å². The molecule has 1 saturated heterocycles. The molecule has 2 fully saturated rings. The van der Waals surface area contributed by atoms with Crippen molar-refractivity contribution in [2.24, 2.45) is 5.92 Å². The van der Waals surface area contributed by atoms with Gasteiger partial charge in [0.15, 0.2) is 0 Å². The van der Waals surface area contributed by atoms with Gasteiger partial charge in [-0.3, -0.25) is 4.90 Å². The first-order chi connectivity index (χ1) is 6.66. The first-order valence-corrected chi connectivity index (χ1v) is 6.11. The maximum atomic E-state index is 2.61. The van der Waals surface area contributed by atoms with E-state index in [4.69, 9.17) is 0 Å². The third-order valence-corrected chi connectivity index (χ3v) is 3.79. The molecule has 14 heavy (non-hydrogen) atoms. The molecule has 1 saturated carbocycles. The van der Waals surface area contributed by atoms with Crippen LogP contribution >= 0.6 is 0 Å². The Morgan fingerprint density at radius 3 is 2.50 bits per heavy atom. The van der Waals surface area contributed by atoms with Crippen LogP contribution in [0.2, 0.25) is 0 Å². The summed E-state index contributed by atoms with van der Waals surface area (Å²) < 4.78 is 0. The Kier molecular flexibility index (Phi) is 3.13. The number of rotatable bonds is 4. The molecule has 1 heterocycles. The largest absolute Gasteiger partial charge is 0.302 e. The highest BCUT2D eigenvalue weighted by Gasteiger charge is 2.30. The van der Waals surface area contributed by atoms with Crippen LogP contribution in [-0.4, -0.2) is 48.6 Å². The molecule has 1 aliphatic carbocycles. The van der Waals surface area contributed by atoms with Gasteiger partial charge < -0.3 is 4.90 Å². The summed E-state index contributed by atoms with van der Waals surface area (Å²) in [4.78, 5) is 5.20. The Bertz CT molecular complexity index is 187. The highest BCUT2D eigenvalue weighted by atomic mass is 15.3. The zero-order valence-corrected chi connectivity index (χ0v) is 9.87. The summed E-state index contributed by atoms with van der Waals surface area (Å²) in [7, 11) is 2.31. The van der Waals surface area contributed by atoms with E-state index in [9.17, 15) is 0 Å². The van der Waals surface area contributed by atoms with Crippen LogP contribution in [0, 0.1) is 5.92 Å². The lowest BCUT2D eigenvalue weighted by atomic mass is 10.2. The van der Waals surface area contributed by atoms with Gasteiger partial charge >= 0.3 is 0 Å². The van der Waals surface area contributed by atoms with Crippen molar-refractivity contribution in [3.05, 3.63) is 0 Å². The first kappa shape index (κ1) is 10.4. The molecule has 0 amide bonds. The Balaban J connectivity index is 1.75. The second kappa shape index (κ2) is 4.19. The van der Waals surface area contributed by atoms with Crippen molar-refractivity contribution in [1.82, 2.24) is 9.80 Å². The maximum Gasteiger partial charge on any atom is 0.0232 e. The van der Waals surface area contributed by atoms with E-state index in [1.165, 1.54) is 38.9 Å². The van der Waals surface area contributed by atoms with E-state index >= 15 is 0 Å². The van der Waals surface area contributed by atoms with Gasteiger partial charge in [0.25, 0.3) is 0 Å². The molecule has 1 atom stereocenters. The number of hydrogen-bond donors (Lipinski definition) is 0. The standard InChI is InChI=1S/C12H24N2/c1-10(2)14-7-6-12(9-14)13(3)8-11-4-5-11/h10-12H,4-9H2,1-3H3. The summed E-state index contributed by atoms with van der Waals surface area (Å²) in [6.45, 7) is 8.56. The van der Waals surface area contributed by atoms with E-state index in [-0.39, 0.29) is 0 Å². The van der Waals surface area contributed by atoms with Crippen LogP contribution in [0.25, 0.3) is 0 Å². The van der Waals surface area contributed by atoms with Gasteiger partial charge in [-0.1, -0.05) is 0 Å². The summed E-state index contributed by atoms with van der Waals surface area (Å²) in [5, 5.41) is 0. The fourth-order valence-electron chi connectivity index (χ4n) is 2.45. The zero-order valence-electron chi connectivity index (χ0n) is 9.87. The topological polar surface area (TPSA) is 6.48 Å². The van der Waals surface area contributed by atoms with E-state index < -0.39 is 0 Å². The molecule has 1 aliphatic heterocycles. The minimum Gasteiger partial charge on any atom is -0.302 e. The van der Waals surface area contributed by atoms with Crippen LogP contribution in [0.1, 0.15) is 33.1 Å². The highest BCUT2D eigenvalue weighted by Crippen LogP contribution is 2.30. The molecule has 0 aromatic rings. The second-order valence-electron chi connectivity index (χ2n) is 5.41. The predicted molar refractivity (Wildman–Crippen MR) is 60.5 cm³/mol. The number of nitrogens with zero attached hydrogens (tertiary/aromatic N) is 2. The van der Waals surface area contributed by atoms with Crippen LogP contribution < -0.4 is 0 Å². The molecule has 0 aromatic heterocycles. The first-order valence-electron chi connectivity index (χ1n) is 6.11. The Labute approximate surface area is 88.3 Å². The summed E-state index contributed by atoms with van der Waals surface area (Å²) >= 11 is 0. The fourth-order valence-corrected chi connectivity index (χ4v) is 2.45. The van der Waals surface area contributed by atoms with E-state index in [0.29, 0.717) is 0 Å². The van der Waals surface area contributed by atoms with Crippen molar-refractivity contribution >= 4 is 0 Å². The van der Waals surface area contributed by atoms with Crippen molar-refractivity contribution < 1.29 is 0 Å². The Hall–Kier alpha value is -0.0800. The van der Waals surface area contributed by atoms with E-state index in [1.54, 1.807) is 0 Å². The summed E-state index contributed by atoms with van der Waals surface area (Å²) in [5.41, 5.74) is 0. The van der Waals surface area contributed by atoms with Gasteiger partial charge in [-0.2, -0.15) is 0 Å². The average molecular weight is 196 g/mol. The zero-order chi connectivity index (χ0) is 10.1. The molecule has 82 valence electrons. The molecule has 2 nitrogen and oxygen atoms in total. The smallest absolute Gasteiger partial charge is 0.0232 e. The Morgan fingerprint density at radius 2 is 2.00 bits per heavy atom. The molecule has 0 aromatic carbocycles. The van der Waals surface area contributed by atoms with E-state index in [2.05, 4.69) is 30.7 Å². The summed E-state index contributed by atoms with van der Waals surface area (Å²) in [6, 6.07) is 1.56. The molecule has 0 spiro atoms. The summed E-state index contributed by atoms with van der Waals surface area (Å²) in [5.74, 6) is 1.04. The van der Waals surface area contributed by atoms with Crippen molar-refractivity contribution in [3.8, 4) is 0 Å². The minimum absolute atomic E-state index is 0.731. The van der Waals surface area contributed by atoms with Crippen LogP contribution in [-0.2, 0) is 0 Å². The number of hydrogen-bond acceptors (Lipinski definition) is 2. The molecule has 0 N–H and O–H groups in total. The van der Waals surface area contributed by atoms with Crippen LogP contribution in [0.5, 0.6) is 0 Å². The molecule has 2 aliphatic rings. The third kappa shape index (κ3) is 2.48. The van der Waals surface area contributed by atoms with Crippen molar-refractivity contribution in [1.29, 1.82) is 0 Å². The molecule has 0 radical (unpaired) electrons. The van der Waals surface area contributed by atoms with E-state index in [0.717, 1.165) is 18.0 Å².